The lowest BCUT2D eigenvalue weighted by Crippen LogP contribution is -2.42. The zero-order valence-corrected chi connectivity index (χ0v) is 17.5. The van der Waals surface area contributed by atoms with Gasteiger partial charge in [0.15, 0.2) is 5.13 Å². The van der Waals surface area contributed by atoms with Gasteiger partial charge in [0.25, 0.3) is 0 Å². The number of nitrogens with zero attached hydrogens (tertiary/aromatic N) is 2. The van der Waals surface area contributed by atoms with Crippen LogP contribution in [0.25, 0.3) is 10.2 Å². The number of rotatable bonds is 5. The highest BCUT2D eigenvalue weighted by molar-refractivity contribution is 7.22. The van der Waals surface area contributed by atoms with Crippen LogP contribution in [0, 0.1) is 0 Å². The van der Waals surface area contributed by atoms with E-state index in [9.17, 15) is 0 Å². The fraction of sp³-hybridized carbons (Fsp3) is 0.455. The summed E-state index contributed by atoms with van der Waals surface area (Å²) in [6, 6.07) is 13.0. The maximum absolute atomic E-state index is 6.29. The molecule has 0 unspecified atom stereocenters. The molecule has 5 rings (SSSR count). The van der Waals surface area contributed by atoms with E-state index < -0.39 is 0 Å². The number of fused-ring (bicyclic) bond motifs is 1. The summed E-state index contributed by atoms with van der Waals surface area (Å²) in [4.78, 5) is 9.23. The molecule has 148 valence electrons. The lowest BCUT2D eigenvalue weighted by molar-refractivity contribution is 0.101. The average Bonchev–Trinajstić information content (AvgIpc) is 3.10. The van der Waals surface area contributed by atoms with E-state index in [1.54, 1.807) is 11.3 Å². The Morgan fingerprint density at radius 2 is 1.82 bits per heavy atom. The highest BCUT2D eigenvalue weighted by Crippen LogP contribution is 2.38. The average molecular weight is 416 g/mol. The summed E-state index contributed by atoms with van der Waals surface area (Å²) in [7, 11) is 0. The van der Waals surface area contributed by atoms with Crippen molar-refractivity contribution in [3.8, 4) is 5.88 Å². The molecule has 2 aliphatic carbocycles. The second-order valence-electron chi connectivity index (χ2n) is 7.77. The van der Waals surface area contributed by atoms with Gasteiger partial charge in [0.05, 0.1) is 10.2 Å². The van der Waals surface area contributed by atoms with Gasteiger partial charge in [-0.1, -0.05) is 48.8 Å². The molecule has 3 aromatic rings. The number of ether oxygens (including phenoxy) is 1. The largest absolute Gasteiger partial charge is 0.474 e. The van der Waals surface area contributed by atoms with Gasteiger partial charge >= 0.3 is 0 Å². The minimum Gasteiger partial charge on any atom is -0.474 e. The number of thiazole rings is 1. The molecule has 0 bridgehead atoms. The van der Waals surface area contributed by atoms with E-state index in [4.69, 9.17) is 4.74 Å². The van der Waals surface area contributed by atoms with Crippen molar-refractivity contribution < 1.29 is 4.74 Å². The summed E-state index contributed by atoms with van der Waals surface area (Å²) in [5.74, 6) is 1.49. The molecule has 1 N–H and O–H groups in total. The summed E-state index contributed by atoms with van der Waals surface area (Å²) in [6.45, 7) is 0. The maximum Gasteiger partial charge on any atom is 0.217 e. The van der Waals surface area contributed by atoms with E-state index in [0.717, 1.165) is 29.4 Å². The summed E-state index contributed by atoms with van der Waals surface area (Å²) in [5.41, 5.74) is 2.39. The van der Waals surface area contributed by atoms with Crippen molar-refractivity contribution in [2.24, 2.45) is 0 Å². The van der Waals surface area contributed by atoms with Gasteiger partial charge in [-0.05, 0) is 37.0 Å². The number of nitrogens with one attached hydrogen (secondary N) is 1. The van der Waals surface area contributed by atoms with Crippen molar-refractivity contribution in [2.75, 3.05) is 5.32 Å². The van der Waals surface area contributed by atoms with Crippen molar-refractivity contribution >= 4 is 39.1 Å². The van der Waals surface area contributed by atoms with Gasteiger partial charge < -0.3 is 10.1 Å². The Labute approximate surface area is 176 Å². The van der Waals surface area contributed by atoms with Crippen LogP contribution in [-0.4, -0.2) is 22.1 Å². The number of pyridine rings is 1. The Morgan fingerprint density at radius 3 is 2.64 bits per heavy atom. The first-order valence-electron chi connectivity index (χ1n) is 10.1. The number of benzene rings is 1. The topological polar surface area (TPSA) is 47.0 Å². The SMILES string of the molecule is Cl.c1cnc(OC2CC(Nc3nc4ccccc4s3)C2)c(C2CCCCC2)c1. The van der Waals surface area contributed by atoms with Gasteiger partial charge in [0, 0.05) is 30.6 Å². The standard InChI is InChI=1S/C22H25N3OS.ClH/c1-2-7-15(8-3-1)18-9-6-12-23-21(18)26-17-13-16(14-17)24-22-25-19-10-4-5-11-20(19)27-22;/h4-6,9-12,15-17H,1-3,7-8,13-14H2,(H,24,25);1H. The third-order valence-electron chi connectivity index (χ3n) is 5.84. The van der Waals surface area contributed by atoms with Gasteiger partial charge in [-0.15, -0.1) is 12.4 Å². The molecular formula is C22H26ClN3OS. The number of hydrogen-bond acceptors (Lipinski definition) is 5. The highest BCUT2D eigenvalue weighted by Gasteiger charge is 2.33. The van der Waals surface area contributed by atoms with E-state index in [1.165, 1.54) is 42.4 Å². The molecule has 1 aromatic carbocycles. The molecule has 4 nitrogen and oxygen atoms in total. The smallest absolute Gasteiger partial charge is 0.217 e. The van der Waals surface area contributed by atoms with Crippen molar-refractivity contribution in [3.05, 3.63) is 48.2 Å². The van der Waals surface area contributed by atoms with Crippen LogP contribution in [0.4, 0.5) is 5.13 Å². The van der Waals surface area contributed by atoms with Crippen LogP contribution >= 0.6 is 23.7 Å². The third-order valence-corrected chi connectivity index (χ3v) is 6.81. The second kappa shape index (κ2) is 8.66. The van der Waals surface area contributed by atoms with Crippen LogP contribution in [0.3, 0.4) is 0 Å². The first-order valence-corrected chi connectivity index (χ1v) is 10.9. The molecule has 2 heterocycles. The van der Waals surface area contributed by atoms with Crippen LogP contribution in [0.1, 0.15) is 56.4 Å². The molecular weight excluding hydrogens is 390 g/mol. The number of para-hydroxylation sites is 1. The summed E-state index contributed by atoms with van der Waals surface area (Å²) in [6.07, 6.45) is 10.7. The molecule has 2 aliphatic rings. The molecule has 0 radical (unpaired) electrons. The number of anilines is 1. The van der Waals surface area contributed by atoms with Crippen molar-refractivity contribution in [2.45, 2.75) is 63.0 Å². The van der Waals surface area contributed by atoms with Gasteiger partial charge in [-0.3, -0.25) is 0 Å². The predicted octanol–water partition coefficient (Wildman–Crippen LogP) is 6.18. The lowest BCUT2D eigenvalue weighted by Gasteiger charge is -2.36. The van der Waals surface area contributed by atoms with Crippen molar-refractivity contribution in [1.29, 1.82) is 0 Å². The Bertz CT molecular complexity index is 886. The van der Waals surface area contributed by atoms with Crippen LogP contribution in [0.2, 0.25) is 0 Å². The molecule has 0 aliphatic heterocycles. The van der Waals surface area contributed by atoms with Gasteiger partial charge in [-0.25, -0.2) is 9.97 Å². The van der Waals surface area contributed by atoms with E-state index in [2.05, 4.69) is 45.6 Å². The first-order chi connectivity index (χ1) is 13.3. The number of aromatic nitrogens is 2. The lowest BCUT2D eigenvalue weighted by atomic mass is 9.84. The highest BCUT2D eigenvalue weighted by atomic mass is 35.5. The van der Waals surface area contributed by atoms with Crippen LogP contribution in [-0.2, 0) is 0 Å². The molecule has 2 fully saturated rings. The fourth-order valence-electron chi connectivity index (χ4n) is 4.27. The van der Waals surface area contributed by atoms with Gasteiger partial charge in [0.2, 0.25) is 5.88 Å². The molecule has 0 spiro atoms. The van der Waals surface area contributed by atoms with Crippen LogP contribution in [0.5, 0.6) is 5.88 Å². The van der Waals surface area contributed by atoms with Crippen LogP contribution < -0.4 is 10.1 Å². The quantitative estimate of drug-likeness (QED) is 0.540. The molecule has 28 heavy (non-hydrogen) atoms. The zero-order chi connectivity index (χ0) is 18.1. The van der Waals surface area contributed by atoms with E-state index in [1.807, 2.05) is 12.3 Å². The van der Waals surface area contributed by atoms with Gasteiger partial charge in [-0.2, -0.15) is 0 Å². The maximum atomic E-state index is 6.29. The fourth-order valence-corrected chi connectivity index (χ4v) is 5.21. The molecule has 2 saturated carbocycles. The molecule has 2 aromatic heterocycles. The summed E-state index contributed by atoms with van der Waals surface area (Å²) in [5, 5.41) is 4.58. The second-order valence-corrected chi connectivity index (χ2v) is 8.80. The van der Waals surface area contributed by atoms with E-state index >= 15 is 0 Å². The van der Waals surface area contributed by atoms with E-state index in [-0.39, 0.29) is 18.5 Å². The van der Waals surface area contributed by atoms with Gasteiger partial charge in [0.1, 0.15) is 6.10 Å². The van der Waals surface area contributed by atoms with Crippen LogP contribution in [0.15, 0.2) is 42.6 Å². The minimum absolute atomic E-state index is 0. The Morgan fingerprint density at radius 1 is 1.00 bits per heavy atom. The normalized spacial score (nSPS) is 22.3. The van der Waals surface area contributed by atoms with E-state index in [0.29, 0.717) is 12.0 Å². The molecule has 0 saturated heterocycles. The minimum atomic E-state index is 0. The van der Waals surface area contributed by atoms with Crippen molar-refractivity contribution in [3.63, 3.8) is 0 Å². The monoisotopic (exact) mass is 415 g/mol. The number of hydrogen-bond donors (Lipinski definition) is 1. The Kier molecular flexibility index (Phi) is 6.02. The molecule has 0 atom stereocenters. The number of halogens is 1. The third kappa shape index (κ3) is 4.11. The summed E-state index contributed by atoms with van der Waals surface area (Å²) < 4.78 is 7.53. The molecule has 6 heteroatoms. The zero-order valence-electron chi connectivity index (χ0n) is 15.8. The first kappa shape index (κ1) is 19.5. The molecule has 0 amide bonds. The van der Waals surface area contributed by atoms with Crippen molar-refractivity contribution in [1.82, 2.24) is 9.97 Å². The Hall–Kier alpha value is -1.85. The predicted molar refractivity (Wildman–Crippen MR) is 118 cm³/mol. The Balaban J connectivity index is 0.00000192. The summed E-state index contributed by atoms with van der Waals surface area (Å²) >= 11 is 1.73.